The second-order valence-corrected chi connectivity index (χ2v) is 5.82. The van der Waals surface area contributed by atoms with Crippen molar-refractivity contribution in [3.63, 3.8) is 0 Å². The average Bonchev–Trinajstić information content (AvgIpc) is 2.58. The zero-order chi connectivity index (χ0) is 15.4. The van der Waals surface area contributed by atoms with Gasteiger partial charge in [0.1, 0.15) is 0 Å². The molecule has 5 rings (SSSR count). The second-order valence-electron chi connectivity index (χ2n) is 5.82. The van der Waals surface area contributed by atoms with Gasteiger partial charge in [0.25, 0.3) is 0 Å². The van der Waals surface area contributed by atoms with E-state index in [1.54, 1.807) is 0 Å². The van der Waals surface area contributed by atoms with Crippen molar-refractivity contribution in [2.45, 2.75) is 0 Å². The Bertz CT molecular complexity index is 1230. The van der Waals surface area contributed by atoms with Gasteiger partial charge in [-0.1, -0.05) is 18.2 Å². The lowest BCUT2D eigenvalue weighted by atomic mass is 10.0. The average molecular weight is 295 g/mol. The molecule has 0 aliphatic heterocycles. The lowest BCUT2D eigenvalue weighted by molar-refractivity contribution is 1.48. The first-order valence-electron chi connectivity index (χ1n) is 7.56. The minimum atomic E-state index is 0.752. The summed E-state index contributed by atoms with van der Waals surface area (Å²) in [5.74, 6) is 0. The molecule has 23 heavy (non-hydrogen) atoms. The standard InChI is InChI=1S/C20H13N3/c21-14-5-6-18-13(9-14)11-16-15-10-12-3-1-2-4-17(12)22-19(15)7-8-20(16)23-18/h1-11H,21H2. The van der Waals surface area contributed by atoms with Crippen molar-refractivity contribution in [2.75, 3.05) is 5.73 Å². The number of fused-ring (bicyclic) bond motifs is 5. The molecule has 2 heterocycles. The summed E-state index contributed by atoms with van der Waals surface area (Å²) in [6, 6.07) is 22.4. The molecule has 0 unspecified atom stereocenters. The highest BCUT2D eigenvalue weighted by Crippen LogP contribution is 2.29. The van der Waals surface area contributed by atoms with Gasteiger partial charge >= 0.3 is 0 Å². The molecular weight excluding hydrogens is 282 g/mol. The van der Waals surface area contributed by atoms with Crippen molar-refractivity contribution < 1.29 is 0 Å². The molecule has 0 amide bonds. The van der Waals surface area contributed by atoms with Crippen molar-refractivity contribution in [1.82, 2.24) is 9.97 Å². The minimum absolute atomic E-state index is 0.752. The molecular formula is C20H13N3. The van der Waals surface area contributed by atoms with Crippen LogP contribution in [-0.4, -0.2) is 9.97 Å². The van der Waals surface area contributed by atoms with E-state index in [0.29, 0.717) is 0 Å². The molecule has 0 saturated heterocycles. The van der Waals surface area contributed by atoms with E-state index in [1.807, 2.05) is 48.5 Å². The molecule has 2 N–H and O–H groups in total. The summed E-state index contributed by atoms with van der Waals surface area (Å²) in [5.41, 5.74) is 10.6. The third-order valence-electron chi connectivity index (χ3n) is 4.31. The van der Waals surface area contributed by atoms with E-state index >= 15 is 0 Å². The van der Waals surface area contributed by atoms with Crippen molar-refractivity contribution in [1.29, 1.82) is 0 Å². The predicted molar refractivity (Wildman–Crippen MR) is 96.5 cm³/mol. The fourth-order valence-corrected chi connectivity index (χ4v) is 3.18. The molecule has 2 aromatic heterocycles. The molecule has 0 fully saturated rings. The zero-order valence-electron chi connectivity index (χ0n) is 12.3. The van der Waals surface area contributed by atoms with E-state index in [2.05, 4.69) is 18.2 Å². The van der Waals surface area contributed by atoms with Gasteiger partial charge in [-0.25, -0.2) is 9.97 Å². The predicted octanol–water partition coefficient (Wildman–Crippen LogP) is 4.67. The number of pyridine rings is 2. The Kier molecular flexibility index (Phi) is 2.36. The van der Waals surface area contributed by atoms with Crippen LogP contribution >= 0.6 is 0 Å². The molecule has 0 spiro atoms. The van der Waals surface area contributed by atoms with Crippen LogP contribution in [-0.2, 0) is 0 Å². The molecule has 0 atom stereocenters. The Balaban J connectivity index is 1.98. The zero-order valence-corrected chi connectivity index (χ0v) is 12.3. The highest BCUT2D eigenvalue weighted by molar-refractivity contribution is 6.11. The lowest BCUT2D eigenvalue weighted by Gasteiger charge is -2.07. The van der Waals surface area contributed by atoms with Crippen molar-refractivity contribution >= 4 is 49.3 Å². The Labute approximate surface area is 132 Å². The number of para-hydroxylation sites is 1. The van der Waals surface area contributed by atoms with Crippen molar-refractivity contribution in [3.8, 4) is 0 Å². The summed E-state index contributed by atoms with van der Waals surface area (Å²) in [4.78, 5) is 9.54. The monoisotopic (exact) mass is 295 g/mol. The molecule has 5 aromatic rings. The van der Waals surface area contributed by atoms with Crippen molar-refractivity contribution in [2.24, 2.45) is 0 Å². The van der Waals surface area contributed by atoms with Gasteiger partial charge < -0.3 is 5.73 Å². The van der Waals surface area contributed by atoms with E-state index in [-0.39, 0.29) is 0 Å². The van der Waals surface area contributed by atoms with Gasteiger partial charge in [-0.15, -0.1) is 0 Å². The third kappa shape index (κ3) is 1.83. The molecule has 3 aromatic carbocycles. The maximum Gasteiger partial charge on any atom is 0.0717 e. The minimum Gasteiger partial charge on any atom is -0.399 e. The highest BCUT2D eigenvalue weighted by Gasteiger charge is 2.07. The van der Waals surface area contributed by atoms with Crippen LogP contribution in [0.3, 0.4) is 0 Å². The Morgan fingerprint density at radius 2 is 1.17 bits per heavy atom. The van der Waals surface area contributed by atoms with Crippen molar-refractivity contribution in [3.05, 3.63) is 66.7 Å². The Morgan fingerprint density at radius 1 is 0.565 bits per heavy atom. The molecule has 0 radical (unpaired) electrons. The molecule has 3 nitrogen and oxygen atoms in total. The maximum absolute atomic E-state index is 5.91. The first-order valence-corrected chi connectivity index (χ1v) is 7.56. The SMILES string of the molecule is Nc1ccc2nc3ccc4nc5ccccc5cc4c3cc2c1. The number of nitrogens with two attached hydrogens (primary N) is 1. The number of nitrogens with zero attached hydrogens (tertiary/aromatic N) is 2. The first kappa shape index (κ1) is 12.4. The summed E-state index contributed by atoms with van der Waals surface area (Å²) in [6.45, 7) is 0. The third-order valence-corrected chi connectivity index (χ3v) is 4.31. The van der Waals surface area contributed by atoms with Crippen LogP contribution in [0.4, 0.5) is 5.69 Å². The Morgan fingerprint density at radius 3 is 1.96 bits per heavy atom. The van der Waals surface area contributed by atoms with Crippen LogP contribution in [0.5, 0.6) is 0 Å². The Hall–Kier alpha value is -3.20. The second kappa shape index (κ2) is 4.40. The van der Waals surface area contributed by atoms with Crippen LogP contribution in [0.15, 0.2) is 66.7 Å². The molecule has 3 heteroatoms. The topological polar surface area (TPSA) is 51.8 Å². The number of hydrogen-bond acceptors (Lipinski definition) is 3. The lowest BCUT2D eigenvalue weighted by Crippen LogP contribution is -1.89. The van der Waals surface area contributed by atoms with Crippen LogP contribution in [0.25, 0.3) is 43.6 Å². The van der Waals surface area contributed by atoms with Crippen LogP contribution in [0.2, 0.25) is 0 Å². The summed E-state index contributed by atoms with van der Waals surface area (Å²) in [6.07, 6.45) is 0. The van der Waals surface area contributed by atoms with Crippen LogP contribution in [0.1, 0.15) is 0 Å². The summed E-state index contributed by atoms with van der Waals surface area (Å²) < 4.78 is 0. The smallest absolute Gasteiger partial charge is 0.0717 e. The number of aromatic nitrogens is 2. The normalized spacial score (nSPS) is 11.7. The van der Waals surface area contributed by atoms with E-state index in [1.165, 1.54) is 0 Å². The van der Waals surface area contributed by atoms with E-state index in [9.17, 15) is 0 Å². The summed E-state index contributed by atoms with van der Waals surface area (Å²) >= 11 is 0. The van der Waals surface area contributed by atoms with Gasteiger partial charge in [0.05, 0.1) is 22.1 Å². The quantitative estimate of drug-likeness (QED) is 0.256. The van der Waals surface area contributed by atoms with E-state index < -0.39 is 0 Å². The van der Waals surface area contributed by atoms with Gasteiger partial charge in [-0.2, -0.15) is 0 Å². The van der Waals surface area contributed by atoms with Crippen LogP contribution in [0, 0.1) is 0 Å². The van der Waals surface area contributed by atoms with E-state index in [0.717, 1.165) is 49.3 Å². The number of nitrogen functional groups attached to an aromatic ring is 1. The van der Waals surface area contributed by atoms with E-state index in [4.69, 9.17) is 15.7 Å². The highest BCUT2D eigenvalue weighted by atomic mass is 14.7. The van der Waals surface area contributed by atoms with Gasteiger partial charge in [-0.05, 0) is 48.5 Å². The van der Waals surface area contributed by atoms with Gasteiger partial charge in [-0.3, -0.25) is 0 Å². The molecule has 0 bridgehead atoms. The fraction of sp³-hybridized carbons (Fsp3) is 0. The first-order chi connectivity index (χ1) is 11.3. The molecule has 0 saturated carbocycles. The molecule has 0 aliphatic rings. The van der Waals surface area contributed by atoms with Gasteiger partial charge in [0.2, 0.25) is 0 Å². The molecule has 0 aliphatic carbocycles. The van der Waals surface area contributed by atoms with Crippen LogP contribution < -0.4 is 5.73 Å². The number of benzene rings is 3. The number of rotatable bonds is 0. The maximum atomic E-state index is 5.91. The summed E-state index contributed by atoms with van der Waals surface area (Å²) in [5, 5.41) is 4.43. The van der Waals surface area contributed by atoms with Gasteiger partial charge in [0, 0.05) is 27.2 Å². The largest absolute Gasteiger partial charge is 0.399 e. The number of anilines is 1. The fourth-order valence-electron chi connectivity index (χ4n) is 3.18. The summed E-state index contributed by atoms with van der Waals surface area (Å²) in [7, 11) is 0. The molecule has 108 valence electrons. The number of hydrogen-bond donors (Lipinski definition) is 1. The van der Waals surface area contributed by atoms with Gasteiger partial charge in [0.15, 0.2) is 0 Å².